The van der Waals surface area contributed by atoms with Crippen molar-refractivity contribution in [1.29, 1.82) is 0 Å². The first-order chi connectivity index (χ1) is 17.2. The third kappa shape index (κ3) is 4.41. The van der Waals surface area contributed by atoms with Crippen LogP contribution in [0.4, 0.5) is 5.69 Å². The number of thiazole rings is 1. The van der Waals surface area contributed by atoms with Gasteiger partial charge in [-0.3, -0.25) is 9.79 Å². The number of rotatable bonds is 5. The molecule has 0 unspecified atom stereocenters. The average Bonchev–Trinajstić information content (AvgIpc) is 3.53. The van der Waals surface area contributed by atoms with Crippen molar-refractivity contribution in [3.8, 4) is 28.5 Å². The Kier molecular flexibility index (Phi) is 5.51. The molecule has 0 fully saturated rings. The summed E-state index contributed by atoms with van der Waals surface area (Å²) in [6.07, 6.45) is 1.77. The molecule has 0 atom stereocenters. The molecule has 8 nitrogen and oxygen atoms in total. The minimum Gasteiger partial charge on any atom is -0.482 e. The monoisotopic (exact) mass is 484 g/mol. The van der Waals surface area contributed by atoms with E-state index >= 15 is 0 Å². The van der Waals surface area contributed by atoms with Gasteiger partial charge in [0.05, 0.1) is 24.1 Å². The van der Waals surface area contributed by atoms with Gasteiger partial charge in [-0.25, -0.2) is 4.68 Å². The Balaban J connectivity index is 1.40. The first-order valence-corrected chi connectivity index (χ1v) is 11.9. The van der Waals surface area contributed by atoms with E-state index in [1.165, 1.54) is 11.3 Å². The van der Waals surface area contributed by atoms with Gasteiger partial charge in [0.1, 0.15) is 5.75 Å². The van der Waals surface area contributed by atoms with Crippen molar-refractivity contribution in [2.45, 2.75) is 6.54 Å². The highest BCUT2D eigenvalue weighted by Gasteiger charge is 2.18. The molecule has 35 heavy (non-hydrogen) atoms. The topological polar surface area (TPSA) is 86.4 Å². The van der Waals surface area contributed by atoms with Crippen LogP contribution in [0.15, 0.2) is 82.2 Å². The van der Waals surface area contributed by atoms with Crippen molar-refractivity contribution < 1.29 is 19.0 Å². The van der Waals surface area contributed by atoms with Crippen LogP contribution in [0.1, 0.15) is 11.1 Å². The van der Waals surface area contributed by atoms with Gasteiger partial charge in [0.25, 0.3) is 5.91 Å². The van der Waals surface area contributed by atoms with E-state index in [2.05, 4.69) is 5.32 Å². The molecular weight excluding hydrogens is 464 g/mol. The zero-order valence-electron chi connectivity index (χ0n) is 18.5. The van der Waals surface area contributed by atoms with Gasteiger partial charge in [0, 0.05) is 10.9 Å². The lowest BCUT2D eigenvalue weighted by molar-refractivity contribution is -0.118. The number of aromatic nitrogens is 1. The Morgan fingerprint density at radius 2 is 1.83 bits per heavy atom. The predicted octanol–water partition coefficient (Wildman–Crippen LogP) is 4.26. The zero-order valence-corrected chi connectivity index (χ0v) is 19.3. The summed E-state index contributed by atoms with van der Waals surface area (Å²) < 4.78 is 18.2. The first kappa shape index (κ1) is 21.2. The predicted molar refractivity (Wildman–Crippen MR) is 133 cm³/mol. The Hall–Kier alpha value is -4.37. The molecule has 1 aromatic heterocycles. The lowest BCUT2D eigenvalue weighted by Crippen LogP contribution is -2.25. The van der Waals surface area contributed by atoms with Gasteiger partial charge in [-0.05, 0) is 47.5 Å². The third-order valence-corrected chi connectivity index (χ3v) is 6.41. The number of carbonyl (C=O) groups is 1. The average molecular weight is 485 g/mol. The lowest BCUT2D eigenvalue weighted by atomic mass is 10.1. The summed E-state index contributed by atoms with van der Waals surface area (Å²) in [5, 5.41) is 9.65. The van der Waals surface area contributed by atoms with Crippen LogP contribution in [0.2, 0.25) is 0 Å². The van der Waals surface area contributed by atoms with Crippen molar-refractivity contribution >= 4 is 29.1 Å². The third-order valence-electron chi connectivity index (χ3n) is 5.55. The van der Waals surface area contributed by atoms with Crippen LogP contribution in [0.3, 0.4) is 0 Å². The smallest absolute Gasteiger partial charge is 0.262 e. The van der Waals surface area contributed by atoms with Crippen molar-refractivity contribution in [2.24, 2.45) is 10.1 Å². The Labute approximate surface area is 204 Å². The summed E-state index contributed by atoms with van der Waals surface area (Å²) in [6.45, 7) is 0.780. The van der Waals surface area contributed by atoms with Crippen LogP contribution in [-0.2, 0) is 11.3 Å². The van der Waals surface area contributed by atoms with Crippen molar-refractivity contribution in [2.75, 3.05) is 18.7 Å². The van der Waals surface area contributed by atoms with Crippen LogP contribution in [-0.4, -0.2) is 30.2 Å². The molecule has 0 saturated heterocycles. The molecular formula is C26H20N4O4S. The first-order valence-electron chi connectivity index (χ1n) is 11.0. The Morgan fingerprint density at radius 3 is 2.74 bits per heavy atom. The van der Waals surface area contributed by atoms with Gasteiger partial charge in [-0.2, -0.15) is 5.10 Å². The number of nitrogens with one attached hydrogen (secondary N) is 1. The zero-order chi connectivity index (χ0) is 23.6. The highest BCUT2D eigenvalue weighted by molar-refractivity contribution is 7.07. The number of hydrogen-bond donors (Lipinski definition) is 1. The summed E-state index contributed by atoms with van der Waals surface area (Å²) in [4.78, 5) is 17.4. The molecule has 4 aromatic rings. The molecule has 9 heteroatoms. The Morgan fingerprint density at radius 1 is 0.971 bits per heavy atom. The normalized spacial score (nSPS) is 14.6. The van der Waals surface area contributed by atoms with Crippen molar-refractivity contribution in [3.05, 3.63) is 88.0 Å². The van der Waals surface area contributed by atoms with Crippen LogP contribution >= 0.6 is 11.3 Å². The number of amides is 1. The van der Waals surface area contributed by atoms with E-state index in [4.69, 9.17) is 24.3 Å². The molecule has 3 aromatic carbocycles. The number of anilines is 1. The lowest BCUT2D eigenvalue weighted by Gasteiger charge is -2.18. The highest BCUT2D eigenvalue weighted by atomic mass is 32.1. The summed E-state index contributed by atoms with van der Waals surface area (Å²) in [5.41, 5.74) is 4.36. The SMILES string of the molecule is O=C1COc2ccc(-c3csc(=NCc4ccccc4)n3N=Cc3ccc4c(c3)OCO4)cc2N1. The molecule has 3 heterocycles. The fourth-order valence-corrected chi connectivity index (χ4v) is 4.66. The fraction of sp³-hybridized carbons (Fsp3) is 0.115. The highest BCUT2D eigenvalue weighted by Crippen LogP contribution is 2.34. The van der Waals surface area contributed by atoms with Gasteiger partial charge in [0.2, 0.25) is 11.6 Å². The van der Waals surface area contributed by atoms with E-state index in [9.17, 15) is 4.79 Å². The van der Waals surface area contributed by atoms with Crippen LogP contribution < -0.4 is 24.3 Å². The second-order valence-corrected chi connectivity index (χ2v) is 8.76. The minimum absolute atomic E-state index is 0.0210. The molecule has 0 spiro atoms. The number of fused-ring (bicyclic) bond motifs is 2. The quantitative estimate of drug-likeness (QED) is 0.429. The van der Waals surface area contributed by atoms with Gasteiger partial charge in [-0.15, -0.1) is 11.3 Å². The minimum atomic E-state index is -0.174. The van der Waals surface area contributed by atoms with Gasteiger partial charge in [0.15, 0.2) is 18.1 Å². The standard InChI is InChI=1S/C26H20N4O4S/c31-25-14-32-22-9-7-19(11-20(22)29-25)21-15-35-26(27-12-17-4-2-1-3-5-17)30(21)28-13-18-6-8-23-24(10-18)34-16-33-23/h1-11,13,15H,12,14,16H2,(H,29,31). The molecule has 1 amide bonds. The van der Waals surface area contributed by atoms with Crippen molar-refractivity contribution in [1.82, 2.24) is 4.68 Å². The largest absolute Gasteiger partial charge is 0.482 e. The van der Waals surface area contributed by atoms with E-state index in [1.807, 2.05) is 76.8 Å². The fourth-order valence-electron chi connectivity index (χ4n) is 3.82. The van der Waals surface area contributed by atoms with E-state index in [1.54, 1.807) is 6.21 Å². The van der Waals surface area contributed by atoms with Gasteiger partial charge < -0.3 is 19.5 Å². The van der Waals surface area contributed by atoms with E-state index < -0.39 is 0 Å². The molecule has 6 rings (SSSR count). The van der Waals surface area contributed by atoms with Crippen LogP contribution in [0.25, 0.3) is 11.3 Å². The van der Waals surface area contributed by atoms with E-state index in [0.717, 1.165) is 32.9 Å². The number of benzene rings is 3. The maximum atomic E-state index is 11.8. The molecule has 0 aliphatic carbocycles. The maximum absolute atomic E-state index is 11.8. The van der Waals surface area contributed by atoms with Crippen LogP contribution in [0.5, 0.6) is 17.2 Å². The molecule has 174 valence electrons. The molecule has 2 aliphatic heterocycles. The summed E-state index contributed by atoms with van der Waals surface area (Å²) in [5.74, 6) is 1.90. The summed E-state index contributed by atoms with van der Waals surface area (Å²) >= 11 is 1.50. The summed E-state index contributed by atoms with van der Waals surface area (Å²) in [7, 11) is 0. The number of ether oxygens (including phenoxy) is 3. The van der Waals surface area contributed by atoms with Crippen molar-refractivity contribution in [3.63, 3.8) is 0 Å². The van der Waals surface area contributed by atoms with Crippen LogP contribution in [0, 0.1) is 0 Å². The number of nitrogens with zero attached hydrogens (tertiary/aromatic N) is 3. The molecule has 0 bridgehead atoms. The molecule has 0 radical (unpaired) electrons. The van der Waals surface area contributed by atoms with Gasteiger partial charge in [-0.1, -0.05) is 30.3 Å². The number of hydrogen-bond acceptors (Lipinski definition) is 7. The maximum Gasteiger partial charge on any atom is 0.262 e. The molecule has 1 N–H and O–H groups in total. The van der Waals surface area contributed by atoms with E-state index in [-0.39, 0.29) is 19.3 Å². The second kappa shape index (κ2) is 9.11. The molecule has 2 aliphatic rings. The second-order valence-electron chi connectivity index (χ2n) is 7.92. The Bertz CT molecular complexity index is 1510. The number of carbonyl (C=O) groups excluding carboxylic acids is 1. The van der Waals surface area contributed by atoms with E-state index in [0.29, 0.717) is 23.7 Å². The summed E-state index contributed by atoms with van der Waals surface area (Å²) in [6, 6.07) is 21.5. The molecule has 0 saturated carbocycles. The van der Waals surface area contributed by atoms with Gasteiger partial charge >= 0.3 is 0 Å².